The molecule has 0 bridgehead atoms. The van der Waals surface area contributed by atoms with Gasteiger partial charge in [-0.3, -0.25) is 4.84 Å². The molecule has 0 saturated heterocycles. The van der Waals surface area contributed by atoms with Crippen LogP contribution < -0.4 is 10.2 Å². The molecule has 1 heterocycles. The van der Waals surface area contributed by atoms with E-state index in [-0.39, 0.29) is 25.4 Å². The Balaban J connectivity index is 1.60. The number of hydrogen-bond donors (Lipinski definition) is 2. The number of nitrogens with zero attached hydrogens (tertiary/aromatic N) is 3. The zero-order valence-electron chi connectivity index (χ0n) is 17.5. The normalized spacial score (nSPS) is 15.1. The predicted molar refractivity (Wildman–Crippen MR) is 118 cm³/mol. The number of rotatable bonds is 8. The molecule has 0 aliphatic heterocycles. The summed E-state index contributed by atoms with van der Waals surface area (Å²) < 4.78 is 5.71. The second kappa shape index (κ2) is 9.54. The summed E-state index contributed by atoms with van der Waals surface area (Å²) in [6, 6.07) is 14.0. The smallest absolute Gasteiger partial charge is 0.148 e. The van der Waals surface area contributed by atoms with Crippen molar-refractivity contribution in [1.29, 1.82) is 5.26 Å². The molecule has 31 heavy (non-hydrogen) atoms. The number of nitrogens with one attached hydrogen (secondary N) is 1. The fourth-order valence-corrected chi connectivity index (χ4v) is 4.63. The highest BCUT2D eigenvalue weighted by Gasteiger charge is 2.26. The maximum Gasteiger partial charge on any atom is 0.148 e. The fourth-order valence-electron chi connectivity index (χ4n) is 3.74. The quantitative estimate of drug-likeness (QED) is 0.406. The number of aliphatic hydroxyl groups is 1. The molecule has 1 aliphatic rings. The van der Waals surface area contributed by atoms with Crippen molar-refractivity contribution < 1.29 is 14.7 Å². The monoisotopic (exact) mass is 436 g/mol. The maximum atomic E-state index is 9.50. The van der Waals surface area contributed by atoms with Gasteiger partial charge < -0.3 is 9.84 Å². The molecule has 2 aromatic carbocycles. The highest BCUT2D eigenvalue weighted by atomic mass is 32.1. The van der Waals surface area contributed by atoms with E-state index in [2.05, 4.69) is 33.9 Å². The first-order valence-corrected chi connectivity index (χ1v) is 11.1. The molecule has 2 N–H and O–H groups in total. The van der Waals surface area contributed by atoms with Gasteiger partial charge in [0.25, 0.3) is 0 Å². The lowest BCUT2D eigenvalue weighted by molar-refractivity contribution is -0.00361. The summed E-state index contributed by atoms with van der Waals surface area (Å²) in [4.78, 5) is 5.32. The lowest BCUT2D eigenvalue weighted by atomic mass is 10.0. The third-order valence-corrected chi connectivity index (χ3v) is 6.06. The van der Waals surface area contributed by atoms with Crippen LogP contribution in [0.3, 0.4) is 0 Å². The van der Waals surface area contributed by atoms with E-state index in [4.69, 9.17) is 14.7 Å². The molecule has 1 unspecified atom stereocenters. The number of aromatic nitrogens is 2. The third kappa shape index (κ3) is 4.60. The van der Waals surface area contributed by atoms with Crippen LogP contribution in [0.2, 0.25) is 0 Å². The van der Waals surface area contributed by atoms with Crippen molar-refractivity contribution in [3.63, 3.8) is 0 Å². The Morgan fingerprint density at radius 2 is 2.10 bits per heavy atom. The number of benzene rings is 2. The molecule has 7 nitrogen and oxygen atoms in total. The van der Waals surface area contributed by atoms with Gasteiger partial charge in [0.2, 0.25) is 0 Å². The first-order chi connectivity index (χ1) is 15.1. The van der Waals surface area contributed by atoms with Crippen LogP contribution in [0.4, 0.5) is 0 Å². The van der Waals surface area contributed by atoms with Crippen molar-refractivity contribution in [2.24, 2.45) is 0 Å². The summed E-state index contributed by atoms with van der Waals surface area (Å²) in [5, 5.41) is 28.8. The van der Waals surface area contributed by atoms with Gasteiger partial charge in [0.05, 0.1) is 30.9 Å². The van der Waals surface area contributed by atoms with Crippen LogP contribution in [0.25, 0.3) is 21.1 Å². The molecular formula is C23H24N4O3S. The minimum Gasteiger partial charge on any atom is -0.490 e. The van der Waals surface area contributed by atoms with Crippen LogP contribution in [0, 0.1) is 11.3 Å². The lowest BCUT2D eigenvalue weighted by Gasteiger charge is -2.13. The van der Waals surface area contributed by atoms with E-state index >= 15 is 0 Å². The van der Waals surface area contributed by atoms with E-state index in [1.807, 2.05) is 32.0 Å². The summed E-state index contributed by atoms with van der Waals surface area (Å²) >= 11 is 1.51. The van der Waals surface area contributed by atoms with E-state index < -0.39 is 0 Å². The molecule has 0 amide bonds. The largest absolute Gasteiger partial charge is 0.490 e. The average Bonchev–Trinajstić information content (AvgIpc) is 3.41. The lowest BCUT2D eigenvalue weighted by Crippen LogP contribution is -2.21. The number of aliphatic hydroxyl groups excluding tert-OH is 1. The van der Waals surface area contributed by atoms with Gasteiger partial charge >= 0.3 is 0 Å². The molecule has 1 atom stereocenters. The number of nitriles is 1. The number of hydrogen-bond acceptors (Lipinski definition) is 8. The van der Waals surface area contributed by atoms with Gasteiger partial charge in [0.1, 0.15) is 21.8 Å². The average molecular weight is 437 g/mol. The van der Waals surface area contributed by atoms with Crippen LogP contribution in [-0.2, 0) is 11.3 Å². The van der Waals surface area contributed by atoms with Gasteiger partial charge in [-0.15, -0.1) is 10.2 Å². The number of ether oxygens (including phenoxy) is 1. The van der Waals surface area contributed by atoms with Gasteiger partial charge in [-0.05, 0) is 56.0 Å². The second-order valence-electron chi connectivity index (χ2n) is 7.56. The van der Waals surface area contributed by atoms with Crippen LogP contribution in [0.15, 0.2) is 36.4 Å². The van der Waals surface area contributed by atoms with Crippen LogP contribution in [0.1, 0.15) is 43.0 Å². The zero-order valence-corrected chi connectivity index (χ0v) is 18.3. The molecular weight excluding hydrogens is 412 g/mol. The number of fused-ring (bicyclic) bond motifs is 1. The SMILES string of the molecule is CC(C)Oc1ccc(-c2nnc(-c3cccc4c3CCC4NOCCO)s2)cc1C#N. The Kier molecular flexibility index (Phi) is 6.59. The highest BCUT2D eigenvalue weighted by Crippen LogP contribution is 2.40. The standard InChI is InChI=1S/C23H24N4O3S/c1-14(2)30-21-9-6-15(12-16(21)13-24)22-25-26-23(31-22)19-5-3-4-18-17(19)7-8-20(18)27-29-11-10-28/h3-6,9,12,14,20,27-28H,7-8,10-11H2,1-2H3. The van der Waals surface area contributed by atoms with Crippen molar-refractivity contribution in [3.05, 3.63) is 53.1 Å². The first kappa shape index (κ1) is 21.4. The maximum absolute atomic E-state index is 9.50. The molecule has 3 aromatic rings. The molecule has 8 heteroatoms. The van der Waals surface area contributed by atoms with Crippen LogP contribution in [-0.4, -0.2) is 34.6 Å². The molecule has 0 fully saturated rings. The molecule has 1 aromatic heterocycles. The Labute approximate surface area is 185 Å². The van der Waals surface area contributed by atoms with Crippen molar-refractivity contribution in [1.82, 2.24) is 15.7 Å². The molecule has 1 aliphatic carbocycles. The minimum atomic E-state index is -0.0156. The summed E-state index contributed by atoms with van der Waals surface area (Å²) in [5.41, 5.74) is 7.89. The van der Waals surface area contributed by atoms with Crippen LogP contribution in [0.5, 0.6) is 5.75 Å². The Morgan fingerprint density at radius 1 is 1.26 bits per heavy atom. The second-order valence-corrected chi connectivity index (χ2v) is 8.53. The predicted octanol–water partition coefficient (Wildman–Crippen LogP) is 4.03. The van der Waals surface area contributed by atoms with Crippen molar-refractivity contribution in [2.45, 2.75) is 38.8 Å². The van der Waals surface area contributed by atoms with Crippen molar-refractivity contribution in [2.75, 3.05) is 13.2 Å². The fraction of sp³-hybridized carbons (Fsp3) is 0.348. The van der Waals surface area contributed by atoms with E-state index in [9.17, 15) is 5.26 Å². The van der Waals surface area contributed by atoms with Crippen LogP contribution >= 0.6 is 11.3 Å². The van der Waals surface area contributed by atoms with Gasteiger partial charge in [0.15, 0.2) is 0 Å². The molecule has 0 saturated carbocycles. The van der Waals surface area contributed by atoms with Crippen molar-refractivity contribution in [3.8, 4) is 33.0 Å². The third-order valence-electron chi connectivity index (χ3n) is 5.05. The summed E-state index contributed by atoms with van der Waals surface area (Å²) in [6.07, 6.45) is 1.84. The highest BCUT2D eigenvalue weighted by molar-refractivity contribution is 7.17. The Morgan fingerprint density at radius 3 is 2.87 bits per heavy atom. The topological polar surface area (TPSA) is 100 Å². The minimum absolute atomic E-state index is 0.00128. The van der Waals surface area contributed by atoms with E-state index in [1.165, 1.54) is 22.5 Å². The van der Waals surface area contributed by atoms with Crippen molar-refractivity contribution >= 4 is 11.3 Å². The molecule has 4 rings (SSSR count). The van der Waals surface area contributed by atoms with E-state index in [0.717, 1.165) is 34.0 Å². The summed E-state index contributed by atoms with van der Waals surface area (Å²) in [5.74, 6) is 0.578. The Hall–Kier alpha value is -2.83. The molecule has 0 spiro atoms. The first-order valence-electron chi connectivity index (χ1n) is 10.3. The van der Waals surface area contributed by atoms with E-state index in [0.29, 0.717) is 11.3 Å². The zero-order chi connectivity index (χ0) is 21.8. The van der Waals surface area contributed by atoms with Gasteiger partial charge in [-0.1, -0.05) is 29.5 Å². The number of hydroxylamine groups is 1. The summed E-state index contributed by atoms with van der Waals surface area (Å²) in [7, 11) is 0. The van der Waals surface area contributed by atoms with Gasteiger partial charge in [-0.2, -0.15) is 10.7 Å². The van der Waals surface area contributed by atoms with E-state index in [1.54, 1.807) is 6.07 Å². The molecule has 160 valence electrons. The summed E-state index contributed by atoms with van der Waals surface area (Å²) in [6.45, 7) is 4.11. The molecule has 0 radical (unpaired) electrons. The van der Waals surface area contributed by atoms with Gasteiger partial charge in [0, 0.05) is 11.1 Å². The Bertz CT molecular complexity index is 1110. The van der Waals surface area contributed by atoms with Gasteiger partial charge in [-0.25, -0.2) is 0 Å².